The Morgan fingerprint density at radius 3 is 1.43 bits per heavy atom. The molecule has 0 radical (unpaired) electrons. The van der Waals surface area contributed by atoms with Crippen molar-refractivity contribution in [2.24, 2.45) is 0 Å². The second kappa shape index (κ2) is 13.2. The highest BCUT2D eigenvalue weighted by molar-refractivity contribution is 5.97. The van der Waals surface area contributed by atoms with Crippen LogP contribution in [0.5, 0.6) is 0 Å². The Balaban J connectivity index is 0.935. The molecule has 1 nitrogen and oxygen atoms in total. The minimum atomic E-state index is -0.416. The zero-order valence-electron chi connectivity index (χ0n) is 29.8. The standard InChI is InChI=1S/C53H37N/c1-3-15-43(16-4-1)53(44-17-5-2-6-18-44)49-22-10-9-20-48(49)52-50(53)23-12-24-51(52)54-45-35-33-40(34-36-45)38-27-25-37(26-28-38)39-29-31-42(32-30-39)47-21-11-14-41-13-7-8-19-46(41)47/h1-36,54H. The Labute approximate surface area is 316 Å². The topological polar surface area (TPSA) is 12.0 Å². The first kappa shape index (κ1) is 31.7. The van der Waals surface area contributed by atoms with Crippen LogP contribution in [0.3, 0.4) is 0 Å². The Morgan fingerprint density at radius 1 is 0.315 bits per heavy atom. The molecule has 0 spiro atoms. The molecule has 0 bridgehead atoms. The Bertz CT molecular complexity index is 2700. The number of nitrogens with one attached hydrogen (secondary N) is 1. The van der Waals surface area contributed by atoms with Gasteiger partial charge in [0.2, 0.25) is 0 Å². The molecular weight excluding hydrogens is 651 g/mol. The van der Waals surface area contributed by atoms with E-state index in [9.17, 15) is 0 Å². The molecule has 1 N–H and O–H groups in total. The molecule has 0 saturated carbocycles. The summed E-state index contributed by atoms with van der Waals surface area (Å²) in [6.45, 7) is 0. The predicted molar refractivity (Wildman–Crippen MR) is 227 cm³/mol. The van der Waals surface area contributed by atoms with E-state index in [0.717, 1.165) is 11.4 Å². The number of hydrogen-bond donors (Lipinski definition) is 1. The second-order valence-electron chi connectivity index (χ2n) is 14.1. The first-order valence-corrected chi connectivity index (χ1v) is 18.7. The lowest BCUT2D eigenvalue weighted by Gasteiger charge is -2.33. The molecule has 9 aromatic carbocycles. The molecule has 0 aromatic heterocycles. The van der Waals surface area contributed by atoms with E-state index in [2.05, 4.69) is 224 Å². The fourth-order valence-electron chi connectivity index (χ4n) is 8.67. The Hall–Kier alpha value is -6.96. The smallest absolute Gasteiger partial charge is 0.0714 e. The quantitative estimate of drug-likeness (QED) is 0.176. The number of hydrogen-bond acceptors (Lipinski definition) is 1. The lowest BCUT2D eigenvalue weighted by molar-refractivity contribution is 0.768. The maximum Gasteiger partial charge on any atom is 0.0714 e. The zero-order valence-corrected chi connectivity index (χ0v) is 29.8. The summed E-state index contributed by atoms with van der Waals surface area (Å²) in [7, 11) is 0. The van der Waals surface area contributed by atoms with E-state index in [1.165, 1.54) is 77.5 Å². The van der Waals surface area contributed by atoms with Gasteiger partial charge in [-0.25, -0.2) is 0 Å². The molecule has 0 unspecified atom stereocenters. The Kier molecular flexibility index (Phi) is 7.78. The van der Waals surface area contributed by atoms with Crippen LogP contribution in [0.2, 0.25) is 0 Å². The monoisotopic (exact) mass is 687 g/mol. The van der Waals surface area contributed by atoms with Crippen molar-refractivity contribution in [2.45, 2.75) is 5.41 Å². The average molecular weight is 688 g/mol. The zero-order chi connectivity index (χ0) is 35.9. The van der Waals surface area contributed by atoms with Crippen LogP contribution in [0.4, 0.5) is 11.4 Å². The van der Waals surface area contributed by atoms with Gasteiger partial charge in [-0.1, -0.05) is 200 Å². The molecule has 54 heavy (non-hydrogen) atoms. The molecule has 1 heteroatoms. The van der Waals surface area contributed by atoms with Crippen LogP contribution >= 0.6 is 0 Å². The maximum atomic E-state index is 3.82. The third-order valence-corrected chi connectivity index (χ3v) is 11.2. The van der Waals surface area contributed by atoms with Crippen molar-refractivity contribution in [1.29, 1.82) is 0 Å². The van der Waals surface area contributed by atoms with E-state index >= 15 is 0 Å². The summed E-state index contributed by atoms with van der Waals surface area (Å²) in [6.07, 6.45) is 0. The fraction of sp³-hybridized carbons (Fsp3) is 0.0189. The lowest BCUT2D eigenvalue weighted by Crippen LogP contribution is -2.28. The average Bonchev–Trinajstić information content (AvgIpc) is 3.56. The normalized spacial score (nSPS) is 12.6. The van der Waals surface area contributed by atoms with Crippen LogP contribution in [0.1, 0.15) is 22.3 Å². The summed E-state index contributed by atoms with van der Waals surface area (Å²) in [4.78, 5) is 0. The molecule has 0 saturated heterocycles. The highest BCUT2D eigenvalue weighted by Crippen LogP contribution is 2.58. The van der Waals surface area contributed by atoms with Gasteiger partial charge in [0.25, 0.3) is 0 Å². The van der Waals surface area contributed by atoms with Crippen LogP contribution < -0.4 is 5.32 Å². The van der Waals surface area contributed by atoms with E-state index in [1.807, 2.05) is 0 Å². The van der Waals surface area contributed by atoms with Crippen LogP contribution in [0, 0.1) is 0 Å². The number of fused-ring (bicyclic) bond motifs is 4. The van der Waals surface area contributed by atoms with Crippen molar-refractivity contribution in [1.82, 2.24) is 0 Å². The summed E-state index contributed by atoms with van der Waals surface area (Å²) < 4.78 is 0. The third-order valence-electron chi connectivity index (χ3n) is 11.2. The van der Waals surface area contributed by atoms with Crippen LogP contribution in [0.25, 0.3) is 55.3 Å². The van der Waals surface area contributed by atoms with Crippen molar-refractivity contribution in [3.8, 4) is 44.5 Å². The molecule has 1 aliphatic rings. The van der Waals surface area contributed by atoms with Gasteiger partial charge in [-0.3, -0.25) is 0 Å². The summed E-state index contributed by atoms with van der Waals surface area (Å²) in [5.74, 6) is 0. The highest BCUT2D eigenvalue weighted by atomic mass is 14.9. The van der Waals surface area contributed by atoms with Crippen LogP contribution in [-0.4, -0.2) is 0 Å². The van der Waals surface area contributed by atoms with Gasteiger partial charge in [-0.15, -0.1) is 0 Å². The van der Waals surface area contributed by atoms with Crippen molar-refractivity contribution in [2.75, 3.05) is 5.32 Å². The summed E-state index contributed by atoms with van der Waals surface area (Å²) in [6, 6.07) is 79.3. The fourth-order valence-corrected chi connectivity index (χ4v) is 8.67. The van der Waals surface area contributed by atoms with Crippen LogP contribution in [-0.2, 0) is 5.41 Å². The van der Waals surface area contributed by atoms with Gasteiger partial charge >= 0.3 is 0 Å². The van der Waals surface area contributed by atoms with Gasteiger partial charge in [-0.2, -0.15) is 0 Å². The van der Waals surface area contributed by atoms with E-state index in [0.29, 0.717) is 0 Å². The van der Waals surface area contributed by atoms with Crippen molar-refractivity contribution in [3.63, 3.8) is 0 Å². The lowest BCUT2D eigenvalue weighted by atomic mass is 9.68. The molecule has 0 aliphatic heterocycles. The molecule has 0 heterocycles. The van der Waals surface area contributed by atoms with Crippen LogP contribution in [0.15, 0.2) is 218 Å². The minimum absolute atomic E-state index is 0.416. The van der Waals surface area contributed by atoms with Gasteiger partial charge in [0.05, 0.1) is 5.41 Å². The summed E-state index contributed by atoms with van der Waals surface area (Å²) in [5.41, 5.74) is 16.7. The Morgan fingerprint density at radius 2 is 0.778 bits per heavy atom. The van der Waals surface area contributed by atoms with Crippen molar-refractivity contribution in [3.05, 3.63) is 241 Å². The molecule has 0 atom stereocenters. The molecule has 254 valence electrons. The van der Waals surface area contributed by atoms with Gasteiger partial charge in [-0.05, 0) is 90.2 Å². The van der Waals surface area contributed by atoms with Gasteiger partial charge in [0.15, 0.2) is 0 Å². The third kappa shape index (κ3) is 5.25. The summed E-state index contributed by atoms with van der Waals surface area (Å²) in [5, 5.41) is 6.37. The minimum Gasteiger partial charge on any atom is -0.355 e. The van der Waals surface area contributed by atoms with E-state index < -0.39 is 5.41 Å². The molecular formula is C53H37N. The van der Waals surface area contributed by atoms with E-state index in [-0.39, 0.29) is 0 Å². The number of benzene rings is 9. The highest BCUT2D eigenvalue weighted by Gasteiger charge is 2.46. The largest absolute Gasteiger partial charge is 0.355 e. The van der Waals surface area contributed by atoms with E-state index in [1.54, 1.807) is 0 Å². The SMILES string of the molecule is c1ccc(C2(c3ccccc3)c3ccccc3-c3c(Nc4ccc(-c5ccc(-c6ccc(-c7cccc8ccccc78)cc6)cc5)cc4)cccc32)cc1. The van der Waals surface area contributed by atoms with Gasteiger partial charge in [0, 0.05) is 16.9 Å². The van der Waals surface area contributed by atoms with Gasteiger partial charge in [0.1, 0.15) is 0 Å². The maximum absolute atomic E-state index is 3.82. The van der Waals surface area contributed by atoms with Crippen molar-refractivity contribution < 1.29 is 0 Å². The number of rotatable bonds is 7. The molecule has 10 rings (SSSR count). The summed E-state index contributed by atoms with van der Waals surface area (Å²) >= 11 is 0. The first-order chi connectivity index (χ1) is 26.8. The number of anilines is 2. The predicted octanol–water partition coefficient (Wildman–Crippen LogP) is 13.9. The van der Waals surface area contributed by atoms with Crippen molar-refractivity contribution >= 4 is 22.1 Å². The molecule has 0 amide bonds. The molecule has 0 fully saturated rings. The second-order valence-corrected chi connectivity index (χ2v) is 14.1. The van der Waals surface area contributed by atoms with Gasteiger partial charge < -0.3 is 5.32 Å². The molecule has 9 aromatic rings. The first-order valence-electron chi connectivity index (χ1n) is 18.7. The molecule has 1 aliphatic carbocycles. The van der Waals surface area contributed by atoms with E-state index in [4.69, 9.17) is 0 Å².